The third-order valence-corrected chi connectivity index (χ3v) is 6.65. The Morgan fingerprint density at radius 3 is 2.93 bits per heavy atom. The number of fused-ring (bicyclic) bond motifs is 2. The van der Waals surface area contributed by atoms with E-state index in [4.69, 9.17) is 5.73 Å². The van der Waals surface area contributed by atoms with Crippen molar-refractivity contribution in [1.82, 2.24) is 9.38 Å². The lowest BCUT2D eigenvalue weighted by Gasteiger charge is -2.18. The first-order valence-corrected chi connectivity index (χ1v) is 10.3. The van der Waals surface area contributed by atoms with Crippen LogP contribution in [0.25, 0.3) is 5.65 Å². The minimum absolute atomic E-state index is 0.166. The van der Waals surface area contributed by atoms with Crippen LogP contribution in [-0.2, 0) is 24.1 Å². The number of aryl methyl sites for hydroxylation is 2. The summed E-state index contributed by atoms with van der Waals surface area (Å²) < 4.78 is 1.96. The van der Waals surface area contributed by atoms with E-state index in [1.807, 2.05) is 36.6 Å². The van der Waals surface area contributed by atoms with Crippen molar-refractivity contribution in [3.8, 4) is 0 Å². The van der Waals surface area contributed by atoms with E-state index < -0.39 is 5.91 Å². The molecule has 3 N–H and O–H groups in total. The van der Waals surface area contributed by atoms with E-state index in [9.17, 15) is 9.59 Å². The first-order chi connectivity index (χ1) is 13.3. The number of amides is 2. The predicted octanol–water partition coefficient (Wildman–Crippen LogP) is 3.42. The van der Waals surface area contributed by atoms with Gasteiger partial charge in [0, 0.05) is 11.1 Å². The molecule has 0 radical (unpaired) electrons. The summed E-state index contributed by atoms with van der Waals surface area (Å²) in [5, 5.41) is 3.53. The summed E-state index contributed by atoms with van der Waals surface area (Å²) in [6.45, 7) is 6.12. The number of hydrogen-bond acceptors (Lipinski definition) is 4. The summed E-state index contributed by atoms with van der Waals surface area (Å²) in [4.78, 5) is 30.6. The van der Waals surface area contributed by atoms with Crippen molar-refractivity contribution in [2.45, 2.75) is 46.5 Å². The Bertz CT molecular complexity index is 1100. The fraction of sp³-hybridized carbons (Fsp3) is 0.381. The summed E-state index contributed by atoms with van der Waals surface area (Å²) >= 11 is 1.49. The lowest BCUT2D eigenvalue weighted by Crippen LogP contribution is -2.20. The van der Waals surface area contributed by atoms with E-state index in [1.54, 1.807) is 0 Å². The normalized spacial score (nSPS) is 16.2. The monoisotopic (exact) mass is 396 g/mol. The second-order valence-electron chi connectivity index (χ2n) is 7.67. The summed E-state index contributed by atoms with van der Waals surface area (Å²) in [7, 11) is 0. The predicted molar refractivity (Wildman–Crippen MR) is 111 cm³/mol. The number of carbonyl (C=O) groups is 2. The Labute approximate surface area is 167 Å². The van der Waals surface area contributed by atoms with Crippen LogP contribution in [0.3, 0.4) is 0 Å². The summed E-state index contributed by atoms with van der Waals surface area (Å²) in [5.74, 6) is -0.0519. The smallest absolute Gasteiger partial charge is 0.251 e. The third kappa shape index (κ3) is 3.20. The number of thiophene rings is 1. The molecular formula is C21H24N4O2S. The van der Waals surface area contributed by atoms with Gasteiger partial charge in [0.05, 0.1) is 23.4 Å². The SMILES string of the molecule is Cc1nc2c(C)cccn2c1CC(=O)Nc1sc2c(c1C(N)=O)CCC(C)C2. The van der Waals surface area contributed by atoms with E-state index in [-0.39, 0.29) is 12.3 Å². The Morgan fingerprint density at radius 1 is 1.39 bits per heavy atom. The second kappa shape index (κ2) is 7.05. The van der Waals surface area contributed by atoms with E-state index in [2.05, 4.69) is 17.2 Å². The molecular weight excluding hydrogens is 372 g/mol. The van der Waals surface area contributed by atoms with Crippen LogP contribution in [0.5, 0.6) is 0 Å². The number of hydrogen-bond donors (Lipinski definition) is 2. The third-order valence-electron chi connectivity index (χ3n) is 5.48. The molecule has 0 spiro atoms. The number of nitrogens with one attached hydrogen (secondary N) is 1. The Balaban J connectivity index is 1.63. The average molecular weight is 397 g/mol. The first-order valence-electron chi connectivity index (χ1n) is 9.52. The van der Waals surface area contributed by atoms with E-state index in [0.717, 1.165) is 47.4 Å². The molecule has 3 heterocycles. The molecule has 1 aliphatic carbocycles. The molecule has 3 aromatic rings. The Kier molecular flexibility index (Phi) is 4.71. The van der Waals surface area contributed by atoms with Crippen molar-refractivity contribution in [2.75, 3.05) is 5.32 Å². The molecule has 3 aromatic heterocycles. The summed E-state index contributed by atoms with van der Waals surface area (Å²) in [5.41, 5.74) is 10.8. The molecule has 1 atom stereocenters. The van der Waals surface area contributed by atoms with Gasteiger partial charge in [-0.3, -0.25) is 9.59 Å². The highest BCUT2D eigenvalue weighted by atomic mass is 32.1. The fourth-order valence-electron chi connectivity index (χ4n) is 4.00. The molecule has 0 saturated heterocycles. The largest absolute Gasteiger partial charge is 0.365 e. The molecule has 0 fully saturated rings. The van der Waals surface area contributed by atoms with E-state index in [1.165, 1.54) is 16.2 Å². The van der Waals surface area contributed by atoms with Crippen LogP contribution < -0.4 is 11.1 Å². The number of rotatable bonds is 4. The maximum absolute atomic E-state index is 12.8. The molecule has 1 unspecified atom stereocenters. The van der Waals surface area contributed by atoms with Crippen LogP contribution in [0.15, 0.2) is 18.3 Å². The summed E-state index contributed by atoms with van der Waals surface area (Å²) in [6, 6.07) is 3.95. The second-order valence-corrected chi connectivity index (χ2v) is 8.78. The lowest BCUT2D eigenvalue weighted by atomic mass is 9.88. The molecule has 28 heavy (non-hydrogen) atoms. The van der Waals surface area contributed by atoms with Gasteiger partial charge in [0.15, 0.2) is 0 Å². The van der Waals surface area contributed by atoms with Gasteiger partial charge in [-0.2, -0.15) is 0 Å². The highest BCUT2D eigenvalue weighted by molar-refractivity contribution is 7.17. The van der Waals surface area contributed by atoms with Crippen LogP contribution in [0.4, 0.5) is 5.00 Å². The van der Waals surface area contributed by atoms with Gasteiger partial charge in [0.2, 0.25) is 5.91 Å². The molecule has 4 rings (SSSR count). The van der Waals surface area contributed by atoms with Gasteiger partial charge < -0.3 is 15.5 Å². The zero-order valence-electron chi connectivity index (χ0n) is 16.3. The Morgan fingerprint density at radius 2 is 2.18 bits per heavy atom. The van der Waals surface area contributed by atoms with Crippen molar-refractivity contribution < 1.29 is 9.59 Å². The van der Waals surface area contributed by atoms with Gasteiger partial charge >= 0.3 is 0 Å². The van der Waals surface area contributed by atoms with Crippen LogP contribution in [0, 0.1) is 19.8 Å². The molecule has 0 aliphatic heterocycles. The fourth-order valence-corrected chi connectivity index (χ4v) is 5.43. The number of nitrogens with two attached hydrogens (primary N) is 1. The number of carbonyl (C=O) groups excluding carboxylic acids is 2. The summed E-state index contributed by atoms with van der Waals surface area (Å²) in [6.07, 6.45) is 4.92. The first kappa shape index (κ1) is 18.7. The zero-order valence-corrected chi connectivity index (χ0v) is 17.2. The topological polar surface area (TPSA) is 89.5 Å². The molecule has 146 valence electrons. The van der Waals surface area contributed by atoms with Gasteiger partial charge in [0.25, 0.3) is 5.91 Å². The molecule has 0 aromatic carbocycles. The average Bonchev–Trinajstić information content (AvgIpc) is 3.13. The van der Waals surface area contributed by atoms with Crippen LogP contribution >= 0.6 is 11.3 Å². The van der Waals surface area contributed by atoms with Crippen molar-refractivity contribution in [3.63, 3.8) is 0 Å². The standard InChI is InChI=1S/C21H24N4O2S/c1-11-6-7-14-16(9-11)28-21(18(14)19(22)27)24-17(26)10-15-13(3)23-20-12(2)5-4-8-25(15)20/h4-5,8,11H,6-7,9-10H2,1-3H3,(H2,22,27)(H,24,26). The maximum atomic E-state index is 12.8. The number of aromatic nitrogens is 2. The van der Waals surface area contributed by atoms with Crippen LogP contribution in [-0.4, -0.2) is 21.2 Å². The molecule has 7 heteroatoms. The van der Waals surface area contributed by atoms with E-state index >= 15 is 0 Å². The highest BCUT2D eigenvalue weighted by Gasteiger charge is 2.27. The molecule has 0 bridgehead atoms. The van der Waals surface area contributed by atoms with Crippen molar-refractivity contribution in [1.29, 1.82) is 0 Å². The number of primary amides is 1. The number of anilines is 1. The van der Waals surface area contributed by atoms with Gasteiger partial charge in [-0.25, -0.2) is 4.98 Å². The quantitative estimate of drug-likeness (QED) is 0.708. The minimum atomic E-state index is -0.469. The van der Waals surface area contributed by atoms with Gasteiger partial charge in [-0.05, 0) is 56.2 Å². The number of nitrogens with zero attached hydrogens (tertiary/aromatic N) is 2. The van der Waals surface area contributed by atoms with Gasteiger partial charge in [-0.1, -0.05) is 13.0 Å². The van der Waals surface area contributed by atoms with Gasteiger partial charge in [-0.15, -0.1) is 11.3 Å². The lowest BCUT2D eigenvalue weighted by molar-refractivity contribution is -0.115. The van der Waals surface area contributed by atoms with Crippen LogP contribution in [0.1, 0.15) is 51.1 Å². The minimum Gasteiger partial charge on any atom is -0.365 e. The maximum Gasteiger partial charge on any atom is 0.251 e. The highest BCUT2D eigenvalue weighted by Crippen LogP contribution is 2.39. The molecule has 2 amide bonds. The van der Waals surface area contributed by atoms with Crippen molar-refractivity contribution in [2.24, 2.45) is 11.7 Å². The molecule has 1 aliphatic rings. The van der Waals surface area contributed by atoms with Crippen LogP contribution in [0.2, 0.25) is 0 Å². The van der Waals surface area contributed by atoms with Gasteiger partial charge in [0.1, 0.15) is 10.6 Å². The van der Waals surface area contributed by atoms with Crippen molar-refractivity contribution in [3.05, 3.63) is 51.3 Å². The number of imidazole rings is 1. The van der Waals surface area contributed by atoms with Crippen molar-refractivity contribution >= 4 is 33.8 Å². The number of pyridine rings is 1. The van der Waals surface area contributed by atoms with E-state index in [0.29, 0.717) is 16.5 Å². The molecule has 6 nitrogen and oxygen atoms in total. The zero-order chi connectivity index (χ0) is 20.0. The molecule has 0 saturated carbocycles. The Hall–Kier alpha value is -2.67.